The third-order valence-corrected chi connectivity index (χ3v) is 2.58. The minimum atomic E-state index is 0.163. The molecule has 1 aromatic heterocycles. The second-order valence-electron chi connectivity index (χ2n) is 3.93. The van der Waals surface area contributed by atoms with Gasteiger partial charge >= 0.3 is 0 Å². The van der Waals surface area contributed by atoms with Gasteiger partial charge in [0.05, 0.1) is 24.5 Å². The van der Waals surface area contributed by atoms with Crippen molar-refractivity contribution in [2.75, 3.05) is 18.5 Å². The first-order valence-corrected chi connectivity index (χ1v) is 5.86. The molecule has 0 amide bonds. The maximum Gasteiger partial charge on any atom is 0.209 e. The molecule has 0 aliphatic carbocycles. The Hall–Kier alpha value is -2.13. The van der Waals surface area contributed by atoms with Crippen LogP contribution in [0.4, 0.5) is 5.69 Å². The Morgan fingerprint density at radius 3 is 3.28 bits per heavy atom. The summed E-state index contributed by atoms with van der Waals surface area (Å²) in [5.74, 6) is 0.418. The molecule has 1 fully saturated rings. The number of anilines is 1. The van der Waals surface area contributed by atoms with Gasteiger partial charge in [-0.15, -0.1) is 0 Å². The topological polar surface area (TPSA) is 82.3 Å². The van der Waals surface area contributed by atoms with Crippen molar-refractivity contribution in [2.45, 2.75) is 18.9 Å². The van der Waals surface area contributed by atoms with Crippen molar-refractivity contribution in [1.29, 1.82) is 5.26 Å². The van der Waals surface area contributed by atoms with Gasteiger partial charge < -0.3 is 10.1 Å². The Labute approximate surface area is 106 Å². The van der Waals surface area contributed by atoms with Crippen LogP contribution < -0.4 is 10.6 Å². The molecule has 6 nitrogen and oxygen atoms in total. The van der Waals surface area contributed by atoms with Crippen LogP contribution in [0.5, 0.6) is 0 Å². The van der Waals surface area contributed by atoms with Crippen molar-refractivity contribution in [3.05, 3.63) is 24.5 Å². The lowest BCUT2D eigenvalue weighted by atomic mass is 10.2. The first-order valence-electron chi connectivity index (χ1n) is 5.86. The van der Waals surface area contributed by atoms with E-state index in [1.54, 1.807) is 12.4 Å². The van der Waals surface area contributed by atoms with Crippen LogP contribution in [0.2, 0.25) is 0 Å². The Bertz CT molecular complexity index is 434. The third kappa shape index (κ3) is 3.71. The Morgan fingerprint density at radius 1 is 1.67 bits per heavy atom. The average molecular weight is 245 g/mol. The van der Waals surface area contributed by atoms with E-state index in [9.17, 15) is 0 Å². The van der Waals surface area contributed by atoms with E-state index in [0.29, 0.717) is 12.5 Å². The predicted molar refractivity (Wildman–Crippen MR) is 67.9 cm³/mol. The first kappa shape index (κ1) is 12.3. The van der Waals surface area contributed by atoms with E-state index < -0.39 is 0 Å². The SMILES string of the molecule is N#CNC(=NC[C@H]1CCCO1)Nc1cccnc1. The number of rotatable bonds is 3. The molecule has 0 spiro atoms. The molecule has 1 aliphatic rings. The summed E-state index contributed by atoms with van der Waals surface area (Å²) in [6.07, 6.45) is 7.48. The van der Waals surface area contributed by atoms with E-state index in [-0.39, 0.29) is 6.10 Å². The molecule has 0 radical (unpaired) electrons. The molecule has 18 heavy (non-hydrogen) atoms. The van der Waals surface area contributed by atoms with Gasteiger partial charge in [-0.2, -0.15) is 5.26 Å². The number of hydrogen-bond acceptors (Lipinski definition) is 4. The predicted octanol–water partition coefficient (Wildman–Crippen LogP) is 1.10. The van der Waals surface area contributed by atoms with E-state index >= 15 is 0 Å². The smallest absolute Gasteiger partial charge is 0.209 e. The monoisotopic (exact) mass is 245 g/mol. The number of nitrogens with zero attached hydrogens (tertiary/aromatic N) is 3. The summed E-state index contributed by atoms with van der Waals surface area (Å²) in [5, 5.41) is 14.2. The van der Waals surface area contributed by atoms with Crippen LogP contribution in [0.15, 0.2) is 29.5 Å². The molecule has 0 saturated carbocycles. The van der Waals surface area contributed by atoms with Crippen molar-refractivity contribution in [1.82, 2.24) is 10.3 Å². The molecular formula is C12H15N5O. The lowest BCUT2D eigenvalue weighted by Gasteiger charge is -2.09. The fourth-order valence-electron chi connectivity index (χ4n) is 1.72. The molecule has 0 unspecified atom stereocenters. The molecule has 2 rings (SSSR count). The van der Waals surface area contributed by atoms with Crippen LogP contribution in [0.1, 0.15) is 12.8 Å². The van der Waals surface area contributed by atoms with Crippen LogP contribution in [0, 0.1) is 11.5 Å². The second-order valence-corrected chi connectivity index (χ2v) is 3.93. The Balaban J connectivity index is 1.94. The molecule has 1 atom stereocenters. The third-order valence-electron chi connectivity index (χ3n) is 2.58. The van der Waals surface area contributed by atoms with Gasteiger partial charge in [0.1, 0.15) is 0 Å². The quantitative estimate of drug-likeness (QED) is 0.360. The molecule has 2 N–H and O–H groups in total. The van der Waals surface area contributed by atoms with Gasteiger partial charge in [0.15, 0.2) is 6.19 Å². The zero-order valence-corrected chi connectivity index (χ0v) is 9.97. The van der Waals surface area contributed by atoms with E-state index in [1.807, 2.05) is 18.3 Å². The summed E-state index contributed by atoms with van der Waals surface area (Å²) >= 11 is 0. The van der Waals surface area contributed by atoms with Crippen LogP contribution in [0.3, 0.4) is 0 Å². The number of aromatic nitrogens is 1. The molecule has 1 saturated heterocycles. The largest absolute Gasteiger partial charge is 0.376 e. The van der Waals surface area contributed by atoms with E-state index in [2.05, 4.69) is 20.6 Å². The summed E-state index contributed by atoms with van der Waals surface area (Å²) in [6.45, 7) is 1.36. The zero-order valence-electron chi connectivity index (χ0n) is 9.97. The van der Waals surface area contributed by atoms with Crippen molar-refractivity contribution in [2.24, 2.45) is 4.99 Å². The average Bonchev–Trinajstić information content (AvgIpc) is 2.91. The molecule has 1 aromatic rings. The summed E-state index contributed by atoms with van der Waals surface area (Å²) in [4.78, 5) is 8.29. The molecular weight excluding hydrogens is 230 g/mol. The minimum absolute atomic E-state index is 0.163. The van der Waals surface area contributed by atoms with Crippen LogP contribution in [-0.4, -0.2) is 30.2 Å². The summed E-state index contributed by atoms with van der Waals surface area (Å²) in [6, 6.07) is 3.67. The Kier molecular flexibility index (Phi) is 4.50. The molecule has 94 valence electrons. The molecule has 0 bridgehead atoms. The lowest BCUT2D eigenvalue weighted by Crippen LogP contribution is -2.28. The van der Waals surface area contributed by atoms with Gasteiger partial charge in [0.2, 0.25) is 5.96 Å². The van der Waals surface area contributed by atoms with Crippen molar-refractivity contribution in [3.8, 4) is 6.19 Å². The highest BCUT2D eigenvalue weighted by Crippen LogP contribution is 2.12. The van der Waals surface area contributed by atoms with Gasteiger partial charge in [-0.3, -0.25) is 10.3 Å². The normalized spacial score (nSPS) is 19.3. The number of hydrogen-bond donors (Lipinski definition) is 2. The van der Waals surface area contributed by atoms with Crippen molar-refractivity contribution in [3.63, 3.8) is 0 Å². The van der Waals surface area contributed by atoms with Gasteiger partial charge in [-0.05, 0) is 25.0 Å². The Morgan fingerprint density at radius 2 is 2.61 bits per heavy atom. The number of aliphatic imine (C=N–C) groups is 1. The van der Waals surface area contributed by atoms with Crippen LogP contribution in [0.25, 0.3) is 0 Å². The lowest BCUT2D eigenvalue weighted by molar-refractivity contribution is 0.118. The summed E-state index contributed by atoms with van der Waals surface area (Å²) in [7, 11) is 0. The molecule has 2 heterocycles. The van der Waals surface area contributed by atoms with E-state index in [0.717, 1.165) is 25.1 Å². The highest BCUT2D eigenvalue weighted by Gasteiger charge is 2.14. The number of nitrogens with one attached hydrogen (secondary N) is 2. The van der Waals surface area contributed by atoms with Gasteiger partial charge in [-0.1, -0.05) is 0 Å². The standard InChI is InChI=1S/C12H15N5O/c13-9-16-12(15-8-11-4-2-6-18-11)17-10-3-1-5-14-7-10/h1,3,5,7,11H,2,4,6,8H2,(H2,15,16,17)/t11-/m1/s1. The summed E-state index contributed by atoms with van der Waals surface area (Å²) < 4.78 is 5.47. The van der Waals surface area contributed by atoms with Gasteiger partial charge in [-0.25, -0.2) is 4.99 Å². The van der Waals surface area contributed by atoms with E-state index in [1.165, 1.54) is 0 Å². The number of ether oxygens (including phenoxy) is 1. The number of nitriles is 1. The highest BCUT2D eigenvalue weighted by atomic mass is 16.5. The minimum Gasteiger partial charge on any atom is -0.376 e. The second kappa shape index (κ2) is 6.57. The maximum absolute atomic E-state index is 8.68. The fourth-order valence-corrected chi connectivity index (χ4v) is 1.72. The molecule has 1 aliphatic heterocycles. The fraction of sp³-hybridized carbons (Fsp3) is 0.417. The van der Waals surface area contributed by atoms with Crippen LogP contribution >= 0.6 is 0 Å². The van der Waals surface area contributed by atoms with Crippen LogP contribution in [-0.2, 0) is 4.74 Å². The van der Waals surface area contributed by atoms with Gasteiger partial charge in [0, 0.05) is 12.8 Å². The zero-order chi connectivity index (χ0) is 12.6. The highest BCUT2D eigenvalue weighted by molar-refractivity contribution is 5.94. The molecule has 6 heteroatoms. The van der Waals surface area contributed by atoms with Crippen molar-refractivity contribution >= 4 is 11.6 Å². The van der Waals surface area contributed by atoms with E-state index in [4.69, 9.17) is 10.00 Å². The number of pyridine rings is 1. The first-order chi connectivity index (χ1) is 8.88. The number of guanidine groups is 1. The maximum atomic E-state index is 8.68. The molecule has 0 aromatic carbocycles. The van der Waals surface area contributed by atoms with Crippen molar-refractivity contribution < 1.29 is 4.74 Å². The summed E-state index contributed by atoms with van der Waals surface area (Å²) in [5.41, 5.74) is 0.784. The van der Waals surface area contributed by atoms with Gasteiger partial charge in [0.25, 0.3) is 0 Å².